The van der Waals surface area contributed by atoms with Crippen molar-refractivity contribution in [2.24, 2.45) is 0 Å². The minimum absolute atomic E-state index is 0.205. The average molecular weight is 265 g/mol. The van der Waals surface area contributed by atoms with Gasteiger partial charge in [-0.3, -0.25) is 0 Å². The molecule has 19 heavy (non-hydrogen) atoms. The Morgan fingerprint density at radius 1 is 1.32 bits per heavy atom. The van der Waals surface area contributed by atoms with Crippen molar-refractivity contribution in [3.8, 4) is 0 Å². The third kappa shape index (κ3) is 4.97. The van der Waals surface area contributed by atoms with Gasteiger partial charge in [0.2, 0.25) is 0 Å². The second-order valence-corrected chi connectivity index (χ2v) is 4.52. The lowest BCUT2D eigenvalue weighted by Crippen LogP contribution is -2.34. The highest BCUT2D eigenvalue weighted by atomic mass is 16.4. The van der Waals surface area contributed by atoms with Crippen molar-refractivity contribution in [1.29, 1.82) is 0 Å². The summed E-state index contributed by atoms with van der Waals surface area (Å²) in [6, 6.07) is 4.28. The highest BCUT2D eigenvalue weighted by molar-refractivity contribution is 5.92. The molecule has 0 radical (unpaired) electrons. The number of nitrogens with zero attached hydrogens (tertiary/aromatic N) is 1. The Kier molecular flexibility index (Phi) is 5.32. The van der Waals surface area contributed by atoms with E-state index in [-0.39, 0.29) is 11.6 Å². The maximum Gasteiger partial charge on any atom is 0.335 e. The van der Waals surface area contributed by atoms with E-state index in [2.05, 4.69) is 10.6 Å². The molecule has 6 heteroatoms. The Morgan fingerprint density at radius 3 is 2.53 bits per heavy atom. The summed E-state index contributed by atoms with van der Waals surface area (Å²) in [5.74, 6) is -0.981. The number of hydrogen-bond donors (Lipinski definition) is 3. The van der Waals surface area contributed by atoms with Crippen LogP contribution < -0.4 is 10.6 Å². The standard InChI is InChI=1S/C13H19N3O3/c1-9-8-10(12(17)18)4-5-11(9)15-13(19)14-6-7-16(2)3/h4-5,8H,6-7H2,1-3H3,(H,17,18)(H2,14,15,19). The van der Waals surface area contributed by atoms with Crippen LogP contribution in [0.2, 0.25) is 0 Å². The van der Waals surface area contributed by atoms with E-state index < -0.39 is 5.97 Å². The molecule has 104 valence electrons. The number of urea groups is 1. The fourth-order valence-corrected chi connectivity index (χ4v) is 1.50. The van der Waals surface area contributed by atoms with Crippen LogP contribution in [-0.4, -0.2) is 49.2 Å². The summed E-state index contributed by atoms with van der Waals surface area (Å²) in [6.45, 7) is 3.05. The number of likely N-dealkylation sites (N-methyl/N-ethyl adjacent to an activating group) is 1. The fourth-order valence-electron chi connectivity index (χ4n) is 1.50. The van der Waals surface area contributed by atoms with Crippen molar-refractivity contribution in [3.63, 3.8) is 0 Å². The van der Waals surface area contributed by atoms with Crippen molar-refractivity contribution in [1.82, 2.24) is 10.2 Å². The van der Waals surface area contributed by atoms with Crippen LogP contribution >= 0.6 is 0 Å². The molecule has 0 saturated heterocycles. The monoisotopic (exact) mass is 265 g/mol. The first-order chi connectivity index (χ1) is 8.90. The summed E-state index contributed by atoms with van der Waals surface area (Å²) in [5, 5.41) is 14.3. The minimum Gasteiger partial charge on any atom is -0.478 e. The molecule has 1 rings (SSSR count). The lowest BCUT2D eigenvalue weighted by Gasteiger charge is -2.12. The van der Waals surface area contributed by atoms with Gasteiger partial charge in [-0.25, -0.2) is 9.59 Å². The van der Waals surface area contributed by atoms with Gasteiger partial charge >= 0.3 is 12.0 Å². The first kappa shape index (κ1) is 15.0. The van der Waals surface area contributed by atoms with Crippen LogP contribution in [0.15, 0.2) is 18.2 Å². The Hall–Kier alpha value is -2.08. The highest BCUT2D eigenvalue weighted by Crippen LogP contribution is 2.16. The van der Waals surface area contributed by atoms with Crippen LogP contribution in [0.4, 0.5) is 10.5 Å². The molecule has 3 N–H and O–H groups in total. The van der Waals surface area contributed by atoms with E-state index in [0.717, 1.165) is 6.54 Å². The SMILES string of the molecule is Cc1cc(C(=O)O)ccc1NC(=O)NCCN(C)C. The van der Waals surface area contributed by atoms with Gasteiger partial charge in [-0.1, -0.05) is 0 Å². The number of anilines is 1. The van der Waals surface area contributed by atoms with Gasteiger partial charge in [0, 0.05) is 18.8 Å². The molecule has 0 heterocycles. The number of amides is 2. The minimum atomic E-state index is -0.981. The Balaban J connectivity index is 2.57. The average Bonchev–Trinajstić information content (AvgIpc) is 2.31. The molecule has 0 spiro atoms. The first-order valence-electron chi connectivity index (χ1n) is 5.93. The topological polar surface area (TPSA) is 81.7 Å². The van der Waals surface area contributed by atoms with E-state index in [1.54, 1.807) is 13.0 Å². The molecule has 0 unspecified atom stereocenters. The van der Waals surface area contributed by atoms with Crippen molar-refractivity contribution < 1.29 is 14.7 Å². The molecule has 2 amide bonds. The molecule has 0 aliphatic carbocycles. The predicted molar refractivity (Wildman–Crippen MR) is 73.7 cm³/mol. The van der Waals surface area contributed by atoms with Gasteiger partial charge < -0.3 is 20.6 Å². The van der Waals surface area contributed by atoms with E-state index in [1.807, 2.05) is 19.0 Å². The Labute approximate surface area is 112 Å². The van der Waals surface area contributed by atoms with Crippen molar-refractivity contribution in [2.45, 2.75) is 6.92 Å². The third-order valence-electron chi connectivity index (χ3n) is 2.57. The number of carbonyl (C=O) groups excluding carboxylic acids is 1. The smallest absolute Gasteiger partial charge is 0.335 e. The molecule has 1 aromatic carbocycles. The lowest BCUT2D eigenvalue weighted by molar-refractivity contribution is 0.0697. The number of nitrogens with one attached hydrogen (secondary N) is 2. The zero-order chi connectivity index (χ0) is 14.4. The Bertz CT molecular complexity index is 472. The van der Waals surface area contributed by atoms with Gasteiger partial charge in [-0.05, 0) is 44.8 Å². The quantitative estimate of drug-likeness (QED) is 0.751. The van der Waals surface area contributed by atoms with E-state index in [0.29, 0.717) is 17.8 Å². The third-order valence-corrected chi connectivity index (χ3v) is 2.57. The summed E-state index contributed by atoms with van der Waals surface area (Å²) in [5.41, 5.74) is 1.52. The summed E-state index contributed by atoms with van der Waals surface area (Å²) in [4.78, 5) is 24.4. The van der Waals surface area contributed by atoms with Gasteiger partial charge in [0.15, 0.2) is 0 Å². The van der Waals surface area contributed by atoms with Gasteiger partial charge in [0.25, 0.3) is 0 Å². The second-order valence-electron chi connectivity index (χ2n) is 4.52. The molecule has 0 atom stereocenters. The van der Waals surface area contributed by atoms with Crippen LogP contribution in [-0.2, 0) is 0 Å². The predicted octanol–water partition coefficient (Wildman–Crippen LogP) is 1.38. The highest BCUT2D eigenvalue weighted by Gasteiger charge is 2.07. The number of aromatic carboxylic acids is 1. The fraction of sp³-hybridized carbons (Fsp3) is 0.385. The van der Waals surface area contributed by atoms with E-state index in [4.69, 9.17) is 5.11 Å². The lowest BCUT2D eigenvalue weighted by atomic mass is 10.1. The van der Waals surface area contributed by atoms with Crippen LogP contribution in [0.25, 0.3) is 0 Å². The molecule has 6 nitrogen and oxygen atoms in total. The number of carboxylic acid groups (broad SMARTS) is 1. The molecular formula is C13H19N3O3. The van der Waals surface area contributed by atoms with Crippen molar-refractivity contribution in [2.75, 3.05) is 32.5 Å². The molecular weight excluding hydrogens is 246 g/mol. The van der Waals surface area contributed by atoms with Crippen molar-refractivity contribution in [3.05, 3.63) is 29.3 Å². The molecule has 0 bridgehead atoms. The maximum absolute atomic E-state index is 11.6. The first-order valence-corrected chi connectivity index (χ1v) is 5.93. The summed E-state index contributed by atoms with van der Waals surface area (Å²) < 4.78 is 0. The van der Waals surface area contributed by atoms with Crippen LogP contribution in [0.5, 0.6) is 0 Å². The number of hydrogen-bond acceptors (Lipinski definition) is 3. The van der Waals surface area contributed by atoms with Gasteiger partial charge in [-0.2, -0.15) is 0 Å². The van der Waals surface area contributed by atoms with Crippen LogP contribution in [0.3, 0.4) is 0 Å². The molecule has 0 saturated carbocycles. The number of benzene rings is 1. The Morgan fingerprint density at radius 2 is 2.00 bits per heavy atom. The number of carboxylic acids is 1. The van der Waals surface area contributed by atoms with Crippen LogP contribution in [0, 0.1) is 6.92 Å². The summed E-state index contributed by atoms with van der Waals surface area (Å²) >= 11 is 0. The zero-order valence-corrected chi connectivity index (χ0v) is 11.4. The molecule has 0 aromatic heterocycles. The van der Waals surface area contributed by atoms with E-state index in [1.165, 1.54) is 12.1 Å². The van der Waals surface area contributed by atoms with Gasteiger partial charge in [-0.15, -0.1) is 0 Å². The summed E-state index contributed by atoms with van der Waals surface area (Å²) in [7, 11) is 3.85. The summed E-state index contributed by atoms with van der Waals surface area (Å²) in [6.07, 6.45) is 0. The van der Waals surface area contributed by atoms with Gasteiger partial charge in [0.05, 0.1) is 5.56 Å². The molecule has 1 aromatic rings. The second kappa shape index (κ2) is 6.75. The molecule has 0 fully saturated rings. The molecule has 0 aliphatic heterocycles. The van der Waals surface area contributed by atoms with Gasteiger partial charge in [0.1, 0.15) is 0 Å². The number of carbonyl (C=O) groups is 2. The van der Waals surface area contributed by atoms with E-state index >= 15 is 0 Å². The number of aryl methyl sites for hydroxylation is 1. The largest absolute Gasteiger partial charge is 0.478 e. The van der Waals surface area contributed by atoms with Crippen LogP contribution in [0.1, 0.15) is 15.9 Å². The normalized spacial score (nSPS) is 10.3. The number of rotatable bonds is 5. The van der Waals surface area contributed by atoms with E-state index in [9.17, 15) is 9.59 Å². The molecule has 0 aliphatic rings. The maximum atomic E-state index is 11.6. The van der Waals surface area contributed by atoms with Crippen molar-refractivity contribution >= 4 is 17.7 Å². The zero-order valence-electron chi connectivity index (χ0n) is 11.4.